The van der Waals surface area contributed by atoms with Gasteiger partial charge in [-0.25, -0.2) is 0 Å². The van der Waals surface area contributed by atoms with Gasteiger partial charge in [0.1, 0.15) is 11.5 Å². The van der Waals surface area contributed by atoms with Gasteiger partial charge in [0.2, 0.25) is 0 Å². The number of hydrogen-bond acceptors (Lipinski definition) is 3. The summed E-state index contributed by atoms with van der Waals surface area (Å²) in [5.74, 6) is 0.614. The molecule has 3 nitrogen and oxygen atoms in total. The second kappa shape index (κ2) is 12.0. The average Bonchev–Trinajstić information content (AvgIpc) is 2.86. The molecule has 3 rings (SSSR count). The van der Waals surface area contributed by atoms with E-state index in [-0.39, 0.29) is 11.2 Å². The van der Waals surface area contributed by atoms with Crippen LogP contribution in [0, 0.1) is 5.41 Å². The van der Waals surface area contributed by atoms with Crippen molar-refractivity contribution in [3.63, 3.8) is 0 Å². The van der Waals surface area contributed by atoms with Crippen molar-refractivity contribution in [2.24, 2.45) is 11.1 Å². The third-order valence-electron chi connectivity index (χ3n) is 6.51. The molecule has 0 aliphatic carbocycles. The highest BCUT2D eigenvalue weighted by molar-refractivity contribution is 5.66. The maximum atomic E-state index is 13.0. The summed E-state index contributed by atoms with van der Waals surface area (Å²) in [7, 11) is 0. The number of nitrogens with two attached hydrogens (primary N) is 1. The van der Waals surface area contributed by atoms with Crippen molar-refractivity contribution >= 4 is 11.4 Å². The predicted molar refractivity (Wildman–Crippen MR) is 142 cm³/mol. The van der Waals surface area contributed by atoms with E-state index in [2.05, 4.69) is 32.2 Å². The van der Waals surface area contributed by atoms with E-state index in [1.165, 1.54) is 18.6 Å². The summed E-state index contributed by atoms with van der Waals surface area (Å²) in [6, 6.07) is 20.1. The van der Waals surface area contributed by atoms with Gasteiger partial charge in [-0.15, -0.1) is 0 Å². The molecule has 0 amide bonds. The summed E-state index contributed by atoms with van der Waals surface area (Å²) < 4.78 is 44.6. The van der Waals surface area contributed by atoms with Crippen LogP contribution in [0.4, 0.5) is 18.9 Å². The van der Waals surface area contributed by atoms with E-state index in [1.807, 2.05) is 42.5 Å². The number of rotatable bonds is 11. The first-order valence-electron chi connectivity index (χ1n) is 12.4. The van der Waals surface area contributed by atoms with Crippen molar-refractivity contribution in [1.29, 1.82) is 0 Å². The summed E-state index contributed by atoms with van der Waals surface area (Å²) in [6.45, 7) is 7.27. The molecule has 36 heavy (non-hydrogen) atoms. The van der Waals surface area contributed by atoms with Gasteiger partial charge in [0.15, 0.2) is 0 Å². The minimum Gasteiger partial charge on any atom is -0.457 e. The molecule has 6 heteroatoms. The van der Waals surface area contributed by atoms with Crippen LogP contribution in [-0.4, -0.2) is 0 Å². The highest BCUT2D eigenvalue weighted by atomic mass is 19.4. The Morgan fingerprint density at radius 2 is 1.64 bits per heavy atom. The second-order valence-electron chi connectivity index (χ2n) is 9.49. The number of nitrogens with one attached hydrogen (secondary N) is 1. The van der Waals surface area contributed by atoms with Crippen molar-refractivity contribution in [3.05, 3.63) is 95.6 Å². The van der Waals surface area contributed by atoms with E-state index < -0.39 is 11.7 Å². The first-order valence-corrected chi connectivity index (χ1v) is 12.4. The first kappa shape index (κ1) is 27.2. The van der Waals surface area contributed by atoms with Crippen LogP contribution in [0.1, 0.15) is 63.1 Å². The summed E-state index contributed by atoms with van der Waals surface area (Å²) in [4.78, 5) is 0. The lowest BCUT2D eigenvalue weighted by Gasteiger charge is -2.26. The lowest BCUT2D eigenvalue weighted by Crippen LogP contribution is -2.14. The number of hydrogen-bond donors (Lipinski definition) is 2. The van der Waals surface area contributed by atoms with E-state index in [0.717, 1.165) is 53.9 Å². The van der Waals surface area contributed by atoms with Crippen LogP contribution < -0.4 is 15.8 Å². The minimum atomic E-state index is -4.41. The zero-order valence-electron chi connectivity index (χ0n) is 21.2. The molecule has 0 bridgehead atoms. The molecule has 192 valence electrons. The molecule has 0 fully saturated rings. The van der Waals surface area contributed by atoms with Gasteiger partial charge < -0.3 is 15.8 Å². The molecular formula is C30H35F3N2O. The fraction of sp³-hybridized carbons (Fsp3) is 0.333. The molecule has 0 spiro atoms. The van der Waals surface area contributed by atoms with E-state index in [1.54, 1.807) is 6.07 Å². The van der Waals surface area contributed by atoms with Crippen molar-refractivity contribution in [3.8, 4) is 11.5 Å². The van der Waals surface area contributed by atoms with Crippen LogP contribution in [0.5, 0.6) is 11.5 Å². The maximum absolute atomic E-state index is 13.0. The Morgan fingerprint density at radius 1 is 0.944 bits per heavy atom. The first-order chi connectivity index (χ1) is 17.1. The molecule has 1 unspecified atom stereocenters. The van der Waals surface area contributed by atoms with Crippen LogP contribution in [0.3, 0.4) is 0 Å². The molecule has 0 aromatic heterocycles. The lowest BCUT2D eigenvalue weighted by molar-refractivity contribution is -0.137. The highest BCUT2D eigenvalue weighted by Crippen LogP contribution is 2.34. The number of alkyl halides is 3. The van der Waals surface area contributed by atoms with Crippen LogP contribution >= 0.6 is 0 Å². The number of anilines is 1. The topological polar surface area (TPSA) is 47.3 Å². The van der Waals surface area contributed by atoms with E-state index in [9.17, 15) is 13.2 Å². The van der Waals surface area contributed by atoms with E-state index in [0.29, 0.717) is 12.3 Å². The Bertz CT molecular complexity index is 1170. The van der Waals surface area contributed by atoms with Gasteiger partial charge >= 0.3 is 6.18 Å². The Balaban J connectivity index is 1.65. The average molecular weight is 497 g/mol. The van der Waals surface area contributed by atoms with E-state index >= 15 is 0 Å². The number of ether oxygens (including phenoxy) is 1. The molecule has 0 aliphatic rings. The second-order valence-corrected chi connectivity index (χ2v) is 9.49. The number of halogens is 3. The maximum Gasteiger partial charge on any atom is 0.416 e. The zero-order valence-corrected chi connectivity index (χ0v) is 21.2. The smallest absolute Gasteiger partial charge is 0.416 e. The summed E-state index contributed by atoms with van der Waals surface area (Å²) >= 11 is 0. The van der Waals surface area contributed by atoms with Crippen LogP contribution in [0.2, 0.25) is 0 Å². The molecule has 0 heterocycles. The normalized spacial score (nSPS) is 13.8. The lowest BCUT2D eigenvalue weighted by atomic mass is 9.79. The van der Waals surface area contributed by atoms with Crippen molar-refractivity contribution in [1.82, 2.24) is 0 Å². The monoisotopic (exact) mass is 496 g/mol. The Kier molecular flexibility index (Phi) is 9.08. The largest absolute Gasteiger partial charge is 0.457 e. The standard InChI is InChI=1S/C30H35F3N2O/c1-4-16-29(3,5-2)17-15-28(34)23-10-7-12-25(19-23)35-21-22-9-6-13-26(18-22)36-27-14-8-11-24(20-27)30(31,32)33/h6-15,18-20,35H,4-5,16-17,21,34H2,1-3H3/b28-15+. The molecule has 3 N–H and O–H groups in total. The number of allylic oxidation sites excluding steroid dienone is 1. The van der Waals surface area contributed by atoms with Gasteiger partial charge in [-0.05, 0) is 71.8 Å². The molecular weight excluding hydrogens is 461 g/mol. The predicted octanol–water partition coefficient (Wildman–Crippen LogP) is 9.02. The van der Waals surface area contributed by atoms with Gasteiger partial charge in [-0.3, -0.25) is 0 Å². The quantitative estimate of drug-likeness (QED) is 0.278. The zero-order chi connectivity index (χ0) is 26.2. The number of benzene rings is 3. The van der Waals surface area contributed by atoms with Gasteiger partial charge in [0.05, 0.1) is 5.56 Å². The Hall–Kier alpha value is -3.41. The molecule has 0 saturated heterocycles. The molecule has 0 radical (unpaired) electrons. The van der Waals surface area contributed by atoms with Crippen molar-refractivity contribution < 1.29 is 17.9 Å². The molecule has 0 saturated carbocycles. The fourth-order valence-electron chi connectivity index (χ4n) is 4.10. The third kappa shape index (κ3) is 7.80. The van der Waals surface area contributed by atoms with Gasteiger partial charge in [-0.2, -0.15) is 13.2 Å². The molecule has 1 atom stereocenters. The van der Waals surface area contributed by atoms with Gasteiger partial charge in [0, 0.05) is 17.9 Å². The van der Waals surface area contributed by atoms with Crippen LogP contribution in [0.15, 0.2) is 78.9 Å². The fourth-order valence-corrected chi connectivity index (χ4v) is 4.10. The minimum absolute atomic E-state index is 0.142. The summed E-state index contributed by atoms with van der Waals surface area (Å²) in [5, 5.41) is 3.39. The van der Waals surface area contributed by atoms with Crippen molar-refractivity contribution in [2.75, 3.05) is 5.32 Å². The molecule has 3 aromatic carbocycles. The third-order valence-corrected chi connectivity index (χ3v) is 6.51. The molecule has 3 aromatic rings. The van der Waals surface area contributed by atoms with Crippen molar-refractivity contribution in [2.45, 2.75) is 59.2 Å². The van der Waals surface area contributed by atoms with Gasteiger partial charge in [-0.1, -0.05) is 70.0 Å². The Morgan fingerprint density at radius 3 is 2.33 bits per heavy atom. The highest BCUT2D eigenvalue weighted by Gasteiger charge is 2.30. The summed E-state index contributed by atoms with van der Waals surface area (Å²) in [5.41, 5.74) is 9.53. The summed E-state index contributed by atoms with van der Waals surface area (Å²) in [6.07, 6.45) is 2.10. The van der Waals surface area contributed by atoms with E-state index in [4.69, 9.17) is 10.5 Å². The Labute approximate surface area is 212 Å². The van der Waals surface area contributed by atoms with Crippen LogP contribution in [-0.2, 0) is 12.7 Å². The van der Waals surface area contributed by atoms with Gasteiger partial charge in [0.25, 0.3) is 0 Å². The van der Waals surface area contributed by atoms with Crippen LogP contribution in [0.25, 0.3) is 5.70 Å². The SMILES string of the molecule is CCCC(C)(CC)C/C=C(/N)c1cccc(NCc2cccc(Oc3cccc(C(F)(F)F)c3)c2)c1. The molecule has 0 aliphatic heterocycles.